The number of benzene rings is 1. The molecular formula is C16H25NO. The van der Waals surface area contributed by atoms with Gasteiger partial charge in [0.1, 0.15) is 5.75 Å². The maximum absolute atomic E-state index is 5.56. The van der Waals surface area contributed by atoms with E-state index in [0.717, 1.165) is 30.7 Å². The summed E-state index contributed by atoms with van der Waals surface area (Å²) in [6.45, 7) is 10.6. The van der Waals surface area contributed by atoms with Crippen LogP contribution in [-0.4, -0.2) is 18.7 Å². The van der Waals surface area contributed by atoms with Crippen LogP contribution in [0.3, 0.4) is 0 Å². The average molecular weight is 247 g/mol. The Hall–Kier alpha value is -1.02. The molecule has 1 fully saturated rings. The van der Waals surface area contributed by atoms with Gasteiger partial charge in [0.15, 0.2) is 0 Å². The van der Waals surface area contributed by atoms with Gasteiger partial charge in [0, 0.05) is 5.54 Å². The number of ether oxygens (including phenoxy) is 1. The highest BCUT2D eigenvalue weighted by atomic mass is 16.5. The molecule has 2 rings (SSSR count). The van der Waals surface area contributed by atoms with Crippen molar-refractivity contribution in [3.8, 4) is 5.75 Å². The van der Waals surface area contributed by atoms with Crippen LogP contribution in [0.1, 0.15) is 45.6 Å². The third kappa shape index (κ3) is 3.74. The Morgan fingerprint density at radius 3 is 2.78 bits per heavy atom. The van der Waals surface area contributed by atoms with Gasteiger partial charge < -0.3 is 10.1 Å². The largest absolute Gasteiger partial charge is 0.494 e. The maximum Gasteiger partial charge on any atom is 0.119 e. The molecule has 1 aliphatic rings. The zero-order chi connectivity index (χ0) is 13.2. The lowest BCUT2D eigenvalue weighted by Crippen LogP contribution is -2.37. The first-order valence-corrected chi connectivity index (χ1v) is 6.97. The molecule has 1 aromatic rings. The van der Waals surface area contributed by atoms with Crippen LogP contribution >= 0.6 is 0 Å². The maximum atomic E-state index is 5.56. The Bertz CT molecular complexity index is 394. The number of hydrogen-bond acceptors (Lipinski definition) is 2. The Balaban J connectivity index is 1.89. The van der Waals surface area contributed by atoms with Gasteiger partial charge in [-0.05, 0) is 70.2 Å². The highest BCUT2D eigenvalue weighted by molar-refractivity contribution is 5.34. The van der Waals surface area contributed by atoms with Gasteiger partial charge in [-0.1, -0.05) is 12.1 Å². The van der Waals surface area contributed by atoms with Crippen LogP contribution in [-0.2, 0) is 0 Å². The predicted octanol–water partition coefficient (Wildman–Crippen LogP) is 3.58. The minimum Gasteiger partial charge on any atom is -0.494 e. The molecule has 0 aliphatic heterocycles. The van der Waals surface area contributed by atoms with Crippen molar-refractivity contribution in [2.45, 2.75) is 45.6 Å². The summed E-state index contributed by atoms with van der Waals surface area (Å²) in [5, 5.41) is 3.59. The van der Waals surface area contributed by atoms with Crippen molar-refractivity contribution >= 4 is 0 Å². The van der Waals surface area contributed by atoms with Crippen LogP contribution in [0.2, 0.25) is 0 Å². The van der Waals surface area contributed by atoms with Crippen molar-refractivity contribution in [2.75, 3.05) is 13.2 Å². The Morgan fingerprint density at radius 2 is 2.11 bits per heavy atom. The van der Waals surface area contributed by atoms with Crippen LogP contribution in [0.5, 0.6) is 5.75 Å². The van der Waals surface area contributed by atoms with E-state index >= 15 is 0 Å². The first-order valence-electron chi connectivity index (χ1n) is 6.97. The minimum absolute atomic E-state index is 0.223. The number of hydrogen-bond donors (Lipinski definition) is 1. The fraction of sp³-hybridized carbons (Fsp3) is 0.625. The number of nitrogens with one attached hydrogen (secondary N) is 1. The second-order valence-electron chi connectivity index (χ2n) is 6.24. The fourth-order valence-corrected chi connectivity index (χ4v) is 2.32. The summed E-state index contributed by atoms with van der Waals surface area (Å²) in [7, 11) is 0. The van der Waals surface area contributed by atoms with Gasteiger partial charge in [-0.3, -0.25) is 0 Å². The van der Waals surface area contributed by atoms with Crippen molar-refractivity contribution in [1.82, 2.24) is 5.32 Å². The second-order valence-corrected chi connectivity index (χ2v) is 6.24. The fourth-order valence-electron chi connectivity index (χ4n) is 2.32. The smallest absolute Gasteiger partial charge is 0.119 e. The Kier molecular flexibility index (Phi) is 3.96. The molecule has 100 valence electrons. The van der Waals surface area contributed by atoms with E-state index in [1.165, 1.54) is 12.0 Å². The van der Waals surface area contributed by atoms with Crippen molar-refractivity contribution in [3.63, 3.8) is 0 Å². The van der Waals surface area contributed by atoms with Crippen LogP contribution in [0.25, 0.3) is 0 Å². The predicted molar refractivity (Wildman–Crippen MR) is 76.2 cm³/mol. The van der Waals surface area contributed by atoms with E-state index in [4.69, 9.17) is 4.74 Å². The molecule has 18 heavy (non-hydrogen) atoms. The van der Waals surface area contributed by atoms with Gasteiger partial charge in [-0.2, -0.15) is 0 Å². The quantitative estimate of drug-likeness (QED) is 0.858. The van der Waals surface area contributed by atoms with Crippen molar-refractivity contribution in [3.05, 3.63) is 29.8 Å². The van der Waals surface area contributed by atoms with Gasteiger partial charge in [0.2, 0.25) is 0 Å². The molecule has 2 unspecified atom stereocenters. The first-order chi connectivity index (χ1) is 8.49. The molecule has 0 heterocycles. The molecular weight excluding hydrogens is 222 g/mol. The van der Waals surface area contributed by atoms with E-state index < -0.39 is 0 Å². The zero-order valence-electron chi connectivity index (χ0n) is 12.0. The Labute approximate surface area is 111 Å². The lowest BCUT2D eigenvalue weighted by atomic mass is 10.1. The normalized spacial score (nSPS) is 22.9. The summed E-state index contributed by atoms with van der Waals surface area (Å²) >= 11 is 0. The van der Waals surface area contributed by atoms with Gasteiger partial charge in [-0.25, -0.2) is 0 Å². The molecule has 0 radical (unpaired) electrons. The third-order valence-electron chi connectivity index (χ3n) is 3.41. The molecule has 0 amide bonds. The van der Waals surface area contributed by atoms with Crippen molar-refractivity contribution in [1.29, 1.82) is 0 Å². The summed E-state index contributed by atoms with van der Waals surface area (Å²) in [6, 6.07) is 8.57. The van der Waals surface area contributed by atoms with Gasteiger partial charge in [-0.15, -0.1) is 0 Å². The molecule has 0 spiro atoms. The van der Waals surface area contributed by atoms with Crippen LogP contribution in [0.4, 0.5) is 0 Å². The van der Waals surface area contributed by atoms with E-state index in [1.54, 1.807) is 0 Å². The highest BCUT2D eigenvalue weighted by Gasteiger charge is 2.38. The van der Waals surface area contributed by atoms with E-state index in [9.17, 15) is 0 Å². The van der Waals surface area contributed by atoms with E-state index in [0.29, 0.717) is 0 Å². The minimum atomic E-state index is 0.223. The molecule has 1 aliphatic carbocycles. The summed E-state index contributed by atoms with van der Waals surface area (Å²) in [5.41, 5.74) is 1.65. The van der Waals surface area contributed by atoms with E-state index in [1.807, 2.05) is 13.0 Å². The lowest BCUT2D eigenvalue weighted by molar-refractivity contribution is 0.340. The standard InChI is InChI=1S/C16H25NO/c1-5-18-14-8-6-7-12(9-14)15-10-13(15)11-17-16(2,3)4/h6-9,13,15,17H,5,10-11H2,1-4H3. The first kappa shape index (κ1) is 13.4. The summed E-state index contributed by atoms with van der Waals surface area (Å²) < 4.78 is 5.56. The molecule has 2 nitrogen and oxygen atoms in total. The molecule has 0 bridgehead atoms. The molecule has 0 saturated heterocycles. The molecule has 2 heteroatoms. The van der Waals surface area contributed by atoms with Crippen LogP contribution in [0, 0.1) is 5.92 Å². The summed E-state index contributed by atoms with van der Waals surface area (Å²) in [5.74, 6) is 2.52. The average Bonchev–Trinajstić information content (AvgIpc) is 3.06. The monoisotopic (exact) mass is 247 g/mol. The van der Waals surface area contributed by atoms with E-state index in [-0.39, 0.29) is 5.54 Å². The summed E-state index contributed by atoms with van der Waals surface area (Å²) in [6.07, 6.45) is 1.30. The van der Waals surface area contributed by atoms with Crippen molar-refractivity contribution in [2.24, 2.45) is 5.92 Å². The van der Waals surface area contributed by atoms with Gasteiger partial charge in [0.25, 0.3) is 0 Å². The van der Waals surface area contributed by atoms with Crippen molar-refractivity contribution < 1.29 is 4.74 Å². The summed E-state index contributed by atoms with van der Waals surface area (Å²) in [4.78, 5) is 0. The second kappa shape index (κ2) is 5.31. The molecule has 1 saturated carbocycles. The molecule has 0 aromatic heterocycles. The zero-order valence-corrected chi connectivity index (χ0v) is 12.0. The van der Waals surface area contributed by atoms with Crippen LogP contribution in [0.15, 0.2) is 24.3 Å². The molecule has 1 N–H and O–H groups in total. The lowest BCUT2D eigenvalue weighted by Gasteiger charge is -2.20. The van der Waals surface area contributed by atoms with Gasteiger partial charge >= 0.3 is 0 Å². The SMILES string of the molecule is CCOc1cccc(C2CC2CNC(C)(C)C)c1. The van der Waals surface area contributed by atoms with E-state index in [2.05, 4.69) is 44.3 Å². The third-order valence-corrected chi connectivity index (χ3v) is 3.41. The topological polar surface area (TPSA) is 21.3 Å². The molecule has 1 aromatic carbocycles. The number of rotatable bonds is 5. The van der Waals surface area contributed by atoms with Gasteiger partial charge in [0.05, 0.1) is 6.61 Å². The van der Waals surface area contributed by atoms with Crippen LogP contribution < -0.4 is 10.1 Å². The Morgan fingerprint density at radius 1 is 1.33 bits per heavy atom. The highest BCUT2D eigenvalue weighted by Crippen LogP contribution is 2.47. The molecule has 2 atom stereocenters.